The molecule has 4 aromatic rings. The average Bonchev–Trinajstić information content (AvgIpc) is 3.45. The van der Waals surface area contributed by atoms with Gasteiger partial charge in [0, 0.05) is 17.6 Å². The molecule has 2 heterocycles. The average molecular weight is 619 g/mol. The fraction of sp³-hybridized carbons (Fsp3) is 0.297. The van der Waals surface area contributed by atoms with E-state index >= 15 is 0 Å². The molecular formula is C37H38N4O5. The van der Waals surface area contributed by atoms with Crippen molar-refractivity contribution >= 4 is 23.6 Å². The summed E-state index contributed by atoms with van der Waals surface area (Å²) in [5, 5.41) is 15.9. The van der Waals surface area contributed by atoms with E-state index < -0.39 is 29.7 Å². The summed E-state index contributed by atoms with van der Waals surface area (Å²) in [6, 6.07) is 25.6. The number of nitriles is 1. The van der Waals surface area contributed by atoms with E-state index in [0.29, 0.717) is 23.5 Å². The monoisotopic (exact) mass is 618 g/mol. The van der Waals surface area contributed by atoms with Crippen LogP contribution in [-0.2, 0) is 22.6 Å². The van der Waals surface area contributed by atoms with E-state index in [1.807, 2.05) is 98.8 Å². The number of benzene rings is 3. The molecule has 0 fully saturated rings. The van der Waals surface area contributed by atoms with Crippen molar-refractivity contribution in [2.75, 3.05) is 0 Å². The van der Waals surface area contributed by atoms with E-state index in [-0.39, 0.29) is 29.7 Å². The normalized spacial score (nSPS) is 17.7. The minimum absolute atomic E-state index is 0.0911. The van der Waals surface area contributed by atoms with Crippen molar-refractivity contribution in [2.45, 2.75) is 65.3 Å². The van der Waals surface area contributed by atoms with Gasteiger partial charge < -0.3 is 24.5 Å². The van der Waals surface area contributed by atoms with Crippen LogP contribution >= 0.6 is 0 Å². The highest BCUT2D eigenvalue weighted by atomic mass is 16.6. The number of ether oxygens (including phenoxy) is 2. The largest absolute Gasteiger partial charge is 0.488 e. The Morgan fingerprint density at radius 3 is 2.43 bits per heavy atom. The predicted octanol–water partition coefficient (Wildman–Crippen LogP) is 6.98. The third-order valence-electron chi connectivity index (χ3n) is 7.37. The first-order chi connectivity index (χ1) is 22.0. The highest BCUT2D eigenvalue weighted by molar-refractivity contribution is 5.92. The van der Waals surface area contributed by atoms with Gasteiger partial charge in [0.1, 0.15) is 36.1 Å². The molecule has 1 aliphatic rings. The molecular weight excluding hydrogens is 580 g/mol. The van der Waals surface area contributed by atoms with Crippen LogP contribution in [0.4, 0.5) is 4.79 Å². The van der Waals surface area contributed by atoms with Gasteiger partial charge in [0.05, 0.1) is 0 Å². The molecule has 9 heteroatoms. The van der Waals surface area contributed by atoms with Gasteiger partial charge in [-0.1, -0.05) is 80.6 Å². The maximum atomic E-state index is 13.9. The van der Waals surface area contributed by atoms with Crippen molar-refractivity contribution in [1.29, 1.82) is 5.26 Å². The summed E-state index contributed by atoms with van der Waals surface area (Å²) in [7, 11) is 0. The fourth-order valence-corrected chi connectivity index (χ4v) is 5.15. The van der Waals surface area contributed by atoms with E-state index in [0.717, 1.165) is 16.7 Å². The number of carbonyl (C=O) groups excluding carboxylic acids is 2. The van der Waals surface area contributed by atoms with Gasteiger partial charge in [-0.3, -0.25) is 4.79 Å². The third-order valence-corrected chi connectivity index (χ3v) is 7.37. The van der Waals surface area contributed by atoms with Crippen LogP contribution in [-0.4, -0.2) is 28.6 Å². The summed E-state index contributed by atoms with van der Waals surface area (Å²) in [4.78, 5) is 31.3. The van der Waals surface area contributed by atoms with Crippen molar-refractivity contribution < 1.29 is 23.5 Å². The summed E-state index contributed by atoms with van der Waals surface area (Å²) < 4.78 is 18.2. The SMILES string of the molecule is CC(C)[C@@H]1NC(=O)[C@@H](NC(=O)OC(C)(C)C)Cc2ccc(OCc3ccccc3)c(c2)/C=C(/c2ccccc2)c2oc1nc2C#N. The zero-order valence-electron chi connectivity index (χ0n) is 26.7. The Kier molecular flexibility index (Phi) is 9.57. The number of rotatable bonds is 6. The predicted molar refractivity (Wildman–Crippen MR) is 174 cm³/mol. The van der Waals surface area contributed by atoms with Crippen LogP contribution in [0.15, 0.2) is 83.3 Å². The third kappa shape index (κ3) is 7.83. The molecule has 0 saturated heterocycles. The van der Waals surface area contributed by atoms with Gasteiger partial charge in [-0.05, 0) is 61.6 Å². The number of amides is 2. The summed E-state index contributed by atoms with van der Waals surface area (Å²) >= 11 is 0. The van der Waals surface area contributed by atoms with Crippen LogP contribution in [0.5, 0.6) is 5.75 Å². The number of aromatic nitrogens is 1. The second-order valence-corrected chi connectivity index (χ2v) is 12.5. The molecule has 2 atom stereocenters. The highest BCUT2D eigenvalue weighted by Crippen LogP contribution is 2.35. The van der Waals surface area contributed by atoms with Crippen LogP contribution in [0.2, 0.25) is 0 Å². The highest BCUT2D eigenvalue weighted by Gasteiger charge is 2.32. The second kappa shape index (κ2) is 13.7. The summed E-state index contributed by atoms with van der Waals surface area (Å²) in [6.07, 6.45) is 1.38. The van der Waals surface area contributed by atoms with Crippen LogP contribution in [0.3, 0.4) is 0 Å². The lowest BCUT2D eigenvalue weighted by Crippen LogP contribution is -2.50. The number of nitrogens with one attached hydrogen (secondary N) is 2. The van der Waals surface area contributed by atoms with Crippen LogP contribution in [0.25, 0.3) is 11.6 Å². The molecule has 2 amide bonds. The lowest BCUT2D eigenvalue weighted by molar-refractivity contribution is -0.124. The van der Waals surface area contributed by atoms with Crippen molar-refractivity contribution in [3.8, 4) is 11.8 Å². The number of hydrogen-bond donors (Lipinski definition) is 2. The lowest BCUT2D eigenvalue weighted by atomic mass is 9.96. The fourth-order valence-electron chi connectivity index (χ4n) is 5.15. The molecule has 2 N–H and O–H groups in total. The van der Waals surface area contributed by atoms with E-state index in [9.17, 15) is 14.9 Å². The number of hydrogen-bond acceptors (Lipinski definition) is 7. The quantitative estimate of drug-likeness (QED) is 0.239. The first kappa shape index (κ1) is 32.0. The molecule has 0 unspecified atom stereocenters. The molecule has 236 valence electrons. The Balaban J connectivity index is 1.68. The van der Waals surface area contributed by atoms with Gasteiger partial charge in [0.25, 0.3) is 0 Å². The standard InChI is InChI=1S/C37H38N4O5/c1-23(2)32-35-39-30(21-38)33(45-35)28(26-14-10-7-11-15-26)20-27-18-25(16-17-31(27)44-22-24-12-8-6-9-13-24)19-29(34(42)41-32)40-36(43)46-37(3,4)5/h6-18,20,23,29,32H,19,22H2,1-5H3,(H,40,43)(H,41,42)/b28-20-/t29-,32-/m0/s1. The first-order valence-corrected chi connectivity index (χ1v) is 15.3. The number of carbonyl (C=O) groups is 2. The topological polar surface area (TPSA) is 126 Å². The van der Waals surface area contributed by atoms with Crippen molar-refractivity contribution in [3.63, 3.8) is 0 Å². The molecule has 0 aliphatic carbocycles. The number of nitrogens with zero attached hydrogens (tertiary/aromatic N) is 2. The number of oxazole rings is 1. The maximum absolute atomic E-state index is 13.9. The smallest absolute Gasteiger partial charge is 0.408 e. The molecule has 0 radical (unpaired) electrons. The Bertz CT molecular complexity index is 1760. The zero-order chi connectivity index (χ0) is 32.8. The van der Waals surface area contributed by atoms with Crippen LogP contribution < -0.4 is 15.4 Å². The van der Waals surface area contributed by atoms with Gasteiger partial charge in [0.15, 0.2) is 11.5 Å². The van der Waals surface area contributed by atoms with E-state index in [1.54, 1.807) is 20.8 Å². The molecule has 0 spiro atoms. The maximum Gasteiger partial charge on any atom is 0.408 e. The molecule has 1 aliphatic heterocycles. The van der Waals surface area contributed by atoms with E-state index in [4.69, 9.17) is 13.9 Å². The van der Waals surface area contributed by atoms with Crippen molar-refractivity contribution in [2.24, 2.45) is 5.92 Å². The van der Waals surface area contributed by atoms with E-state index in [1.165, 1.54) is 0 Å². The van der Waals surface area contributed by atoms with Crippen molar-refractivity contribution in [3.05, 3.63) is 118 Å². The zero-order valence-corrected chi connectivity index (χ0v) is 26.7. The summed E-state index contributed by atoms with van der Waals surface area (Å²) in [5.74, 6) is 0.474. The molecule has 46 heavy (non-hydrogen) atoms. The molecule has 9 nitrogen and oxygen atoms in total. The Morgan fingerprint density at radius 2 is 1.78 bits per heavy atom. The van der Waals surface area contributed by atoms with Gasteiger partial charge >= 0.3 is 6.09 Å². The molecule has 0 saturated carbocycles. The van der Waals surface area contributed by atoms with Crippen molar-refractivity contribution in [1.82, 2.24) is 15.6 Å². The minimum Gasteiger partial charge on any atom is -0.488 e. The van der Waals surface area contributed by atoms with Gasteiger partial charge in [0.2, 0.25) is 11.8 Å². The lowest BCUT2D eigenvalue weighted by Gasteiger charge is -2.26. The Hall–Kier alpha value is -5.36. The molecule has 5 rings (SSSR count). The number of alkyl carbamates (subject to hydrolysis) is 1. The van der Waals surface area contributed by atoms with Gasteiger partial charge in [-0.25, -0.2) is 9.78 Å². The molecule has 4 bridgehead atoms. The second-order valence-electron chi connectivity index (χ2n) is 12.5. The molecule has 3 aromatic carbocycles. The van der Waals surface area contributed by atoms with Gasteiger partial charge in [-0.15, -0.1) is 0 Å². The van der Waals surface area contributed by atoms with E-state index in [2.05, 4.69) is 21.7 Å². The number of fused-ring (bicyclic) bond motifs is 4. The Morgan fingerprint density at radius 1 is 1.09 bits per heavy atom. The van der Waals surface area contributed by atoms with Gasteiger partial charge in [-0.2, -0.15) is 5.26 Å². The Labute approximate surface area is 269 Å². The minimum atomic E-state index is -0.983. The van der Waals surface area contributed by atoms with Crippen LogP contribution in [0, 0.1) is 17.2 Å². The molecule has 1 aromatic heterocycles. The summed E-state index contributed by atoms with van der Waals surface area (Å²) in [5.41, 5.74) is 3.26. The van der Waals surface area contributed by atoms with Crippen LogP contribution in [0.1, 0.15) is 80.3 Å². The summed E-state index contributed by atoms with van der Waals surface area (Å²) in [6.45, 7) is 9.45. The first-order valence-electron chi connectivity index (χ1n) is 15.3.